The first kappa shape index (κ1) is 12.0. The van der Waals surface area contributed by atoms with Crippen LogP contribution in [0.5, 0.6) is 0 Å². The molecule has 19 heavy (non-hydrogen) atoms. The Balaban J connectivity index is 1.84. The molecule has 3 rings (SSSR count). The fraction of sp³-hybridized carbons (Fsp3) is 0.143. The summed E-state index contributed by atoms with van der Waals surface area (Å²) in [6.45, 7) is 0. The van der Waals surface area contributed by atoms with Gasteiger partial charge in [0, 0.05) is 23.8 Å². The second kappa shape index (κ2) is 4.90. The van der Waals surface area contributed by atoms with Crippen LogP contribution in [-0.2, 0) is 12.8 Å². The maximum Gasteiger partial charge on any atom is 0.112 e. The van der Waals surface area contributed by atoms with Crippen molar-refractivity contribution in [2.24, 2.45) is 0 Å². The van der Waals surface area contributed by atoms with Crippen molar-refractivity contribution in [3.63, 3.8) is 0 Å². The van der Waals surface area contributed by atoms with Crippen molar-refractivity contribution in [2.75, 3.05) is 5.73 Å². The molecule has 5 heteroatoms. The van der Waals surface area contributed by atoms with Crippen LogP contribution in [0.15, 0.2) is 36.7 Å². The molecule has 0 aliphatic heterocycles. The third kappa shape index (κ3) is 2.53. The molecule has 2 aromatic heterocycles. The number of nitrogens with zero attached hydrogens (tertiary/aromatic N) is 2. The fourth-order valence-electron chi connectivity index (χ4n) is 2.09. The van der Waals surface area contributed by atoms with Gasteiger partial charge in [0.25, 0.3) is 0 Å². The van der Waals surface area contributed by atoms with Crippen LogP contribution in [0.3, 0.4) is 0 Å². The zero-order valence-corrected chi connectivity index (χ0v) is 11.0. The van der Waals surface area contributed by atoms with Gasteiger partial charge in [-0.1, -0.05) is 17.7 Å². The lowest BCUT2D eigenvalue weighted by atomic mass is 10.1. The molecule has 0 amide bonds. The molecule has 0 saturated carbocycles. The Kier molecular flexibility index (Phi) is 3.09. The Bertz CT molecular complexity index is 706. The number of nitrogens with one attached hydrogen (secondary N) is 1. The molecular weight excluding hydrogens is 260 g/mol. The highest BCUT2D eigenvalue weighted by Gasteiger charge is 2.07. The number of benzene rings is 1. The van der Waals surface area contributed by atoms with E-state index in [0.29, 0.717) is 10.7 Å². The van der Waals surface area contributed by atoms with E-state index in [9.17, 15) is 0 Å². The van der Waals surface area contributed by atoms with Crippen LogP contribution in [0.1, 0.15) is 11.4 Å². The number of nitrogens with two attached hydrogens (primary N) is 1. The monoisotopic (exact) mass is 272 g/mol. The number of anilines is 1. The van der Waals surface area contributed by atoms with Crippen LogP contribution < -0.4 is 5.73 Å². The SMILES string of the molecule is Nc1cc(Cl)cc2[nH]c(CCc3cccnc3)nc12. The summed E-state index contributed by atoms with van der Waals surface area (Å²) < 4.78 is 0. The molecule has 3 aromatic rings. The summed E-state index contributed by atoms with van der Waals surface area (Å²) in [6.07, 6.45) is 5.35. The third-order valence-corrected chi connectivity index (χ3v) is 3.22. The number of hydrogen-bond donors (Lipinski definition) is 2. The van der Waals surface area contributed by atoms with E-state index >= 15 is 0 Å². The quantitative estimate of drug-likeness (QED) is 0.720. The summed E-state index contributed by atoms with van der Waals surface area (Å²) in [4.78, 5) is 11.9. The first-order chi connectivity index (χ1) is 9.22. The topological polar surface area (TPSA) is 67.6 Å². The van der Waals surface area contributed by atoms with Crippen molar-refractivity contribution in [1.29, 1.82) is 0 Å². The summed E-state index contributed by atoms with van der Waals surface area (Å²) in [7, 11) is 0. The maximum absolute atomic E-state index is 5.97. The minimum absolute atomic E-state index is 0.603. The van der Waals surface area contributed by atoms with Gasteiger partial charge >= 0.3 is 0 Å². The second-order valence-electron chi connectivity index (χ2n) is 4.44. The number of aryl methyl sites for hydroxylation is 2. The summed E-state index contributed by atoms with van der Waals surface area (Å²) in [5.74, 6) is 0.910. The van der Waals surface area contributed by atoms with Crippen molar-refractivity contribution < 1.29 is 0 Å². The van der Waals surface area contributed by atoms with Gasteiger partial charge in [-0.25, -0.2) is 4.98 Å². The summed E-state index contributed by atoms with van der Waals surface area (Å²) in [6, 6.07) is 7.55. The molecule has 3 N–H and O–H groups in total. The fourth-order valence-corrected chi connectivity index (χ4v) is 2.31. The maximum atomic E-state index is 5.97. The molecule has 0 aliphatic carbocycles. The molecule has 0 saturated heterocycles. The van der Waals surface area contributed by atoms with E-state index in [0.717, 1.165) is 29.7 Å². The number of aromatic amines is 1. The van der Waals surface area contributed by atoms with Gasteiger partial charge in [-0.05, 0) is 30.2 Å². The number of halogens is 1. The molecule has 0 spiro atoms. The highest BCUT2D eigenvalue weighted by molar-refractivity contribution is 6.31. The van der Waals surface area contributed by atoms with Gasteiger partial charge < -0.3 is 10.7 Å². The standard InChI is InChI=1S/C14H13ClN4/c15-10-6-11(16)14-12(7-10)18-13(19-14)4-3-9-2-1-5-17-8-9/h1-2,5-8H,3-4,16H2,(H,18,19). The predicted octanol–water partition coefficient (Wildman–Crippen LogP) is 2.98. The Morgan fingerprint density at radius 3 is 2.95 bits per heavy atom. The first-order valence-corrected chi connectivity index (χ1v) is 6.43. The van der Waals surface area contributed by atoms with Gasteiger partial charge in [-0.15, -0.1) is 0 Å². The summed E-state index contributed by atoms with van der Waals surface area (Å²) in [5, 5.41) is 0.618. The van der Waals surface area contributed by atoms with Crippen molar-refractivity contribution in [2.45, 2.75) is 12.8 Å². The van der Waals surface area contributed by atoms with Crippen molar-refractivity contribution in [3.8, 4) is 0 Å². The number of rotatable bonds is 3. The molecule has 0 bridgehead atoms. The number of aromatic nitrogens is 3. The van der Waals surface area contributed by atoms with Crippen LogP contribution in [0, 0.1) is 0 Å². The minimum Gasteiger partial charge on any atom is -0.397 e. The molecule has 0 fully saturated rings. The van der Waals surface area contributed by atoms with Crippen LogP contribution in [0.25, 0.3) is 11.0 Å². The predicted molar refractivity (Wildman–Crippen MR) is 77.2 cm³/mol. The largest absolute Gasteiger partial charge is 0.397 e. The first-order valence-electron chi connectivity index (χ1n) is 6.05. The number of hydrogen-bond acceptors (Lipinski definition) is 3. The van der Waals surface area contributed by atoms with Gasteiger partial charge in [0.2, 0.25) is 0 Å². The van der Waals surface area contributed by atoms with E-state index in [1.54, 1.807) is 12.3 Å². The van der Waals surface area contributed by atoms with Gasteiger partial charge in [-0.2, -0.15) is 0 Å². The highest BCUT2D eigenvalue weighted by atomic mass is 35.5. The van der Waals surface area contributed by atoms with E-state index in [-0.39, 0.29) is 0 Å². The average Bonchev–Trinajstić information content (AvgIpc) is 2.81. The second-order valence-corrected chi connectivity index (χ2v) is 4.87. The number of H-pyrrole nitrogens is 1. The number of nitrogen functional groups attached to an aromatic ring is 1. The smallest absolute Gasteiger partial charge is 0.112 e. The molecule has 0 atom stereocenters. The molecule has 1 aromatic carbocycles. The molecular formula is C14H13ClN4. The molecule has 2 heterocycles. The van der Waals surface area contributed by atoms with Crippen molar-refractivity contribution in [1.82, 2.24) is 15.0 Å². The van der Waals surface area contributed by atoms with Crippen LogP contribution in [0.4, 0.5) is 5.69 Å². The van der Waals surface area contributed by atoms with Gasteiger partial charge in [0.15, 0.2) is 0 Å². The third-order valence-electron chi connectivity index (χ3n) is 3.00. The molecule has 4 nitrogen and oxygen atoms in total. The van der Waals surface area contributed by atoms with Crippen molar-refractivity contribution in [3.05, 3.63) is 53.1 Å². The number of pyridine rings is 1. The van der Waals surface area contributed by atoms with Crippen LogP contribution in [-0.4, -0.2) is 15.0 Å². The van der Waals surface area contributed by atoms with Crippen molar-refractivity contribution >= 4 is 28.3 Å². The lowest BCUT2D eigenvalue weighted by Crippen LogP contribution is -1.93. The van der Waals surface area contributed by atoms with Gasteiger partial charge in [-0.3, -0.25) is 4.98 Å². The summed E-state index contributed by atoms with van der Waals surface area (Å²) >= 11 is 5.97. The molecule has 0 unspecified atom stereocenters. The lowest BCUT2D eigenvalue weighted by Gasteiger charge is -1.97. The average molecular weight is 273 g/mol. The van der Waals surface area contributed by atoms with E-state index in [1.165, 1.54) is 5.56 Å². The lowest BCUT2D eigenvalue weighted by molar-refractivity contribution is 0.885. The molecule has 0 aliphatic rings. The zero-order valence-electron chi connectivity index (χ0n) is 10.2. The van der Waals surface area contributed by atoms with Gasteiger partial charge in [0.05, 0.1) is 11.2 Å². The van der Waals surface area contributed by atoms with E-state index in [2.05, 4.69) is 21.0 Å². The Labute approximate surface area is 115 Å². The number of fused-ring (bicyclic) bond motifs is 1. The Morgan fingerprint density at radius 1 is 1.26 bits per heavy atom. The summed E-state index contributed by atoms with van der Waals surface area (Å²) in [5.41, 5.74) is 9.36. The minimum atomic E-state index is 0.603. The van der Waals surface area contributed by atoms with Crippen LogP contribution >= 0.6 is 11.6 Å². The number of imidazole rings is 1. The van der Waals surface area contributed by atoms with E-state index in [1.807, 2.05) is 18.3 Å². The normalized spacial score (nSPS) is 11.0. The van der Waals surface area contributed by atoms with E-state index < -0.39 is 0 Å². The van der Waals surface area contributed by atoms with Crippen LogP contribution in [0.2, 0.25) is 5.02 Å². The molecule has 96 valence electrons. The van der Waals surface area contributed by atoms with E-state index in [4.69, 9.17) is 17.3 Å². The Morgan fingerprint density at radius 2 is 2.16 bits per heavy atom. The Hall–Kier alpha value is -2.07. The zero-order chi connectivity index (χ0) is 13.2. The van der Waals surface area contributed by atoms with Gasteiger partial charge in [0.1, 0.15) is 11.3 Å². The highest BCUT2D eigenvalue weighted by Crippen LogP contribution is 2.24. The molecule has 0 radical (unpaired) electrons.